The summed E-state index contributed by atoms with van der Waals surface area (Å²) in [6.45, 7) is 4.23. The summed E-state index contributed by atoms with van der Waals surface area (Å²) in [5.41, 5.74) is 2.80. The zero-order valence-electron chi connectivity index (χ0n) is 16.4. The van der Waals surface area contributed by atoms with Crippen molar-refractivity contribution in [2.75, 3.05) is 0 Å². The van der Waals surface area contributed by atoms with E-state index in [9.17, 15) is 0 Å². The number of para-hydroxylation sites is 2. The zero-order chi connectivity index (χ0) is 20.1. The molecule has 4 aromatic rings. The summed E-state index contributed by atoms with van der Waals surface area (Å²) in [6, 6.07) is 29.6. The minimum atomic E-state index is -1.38. The number of rotatable bonds is 7. The third-order valence-electron chi connectivity index (χ3n) is 4.57. The van der Waals surface area contributed by atoms with Gasteiger partial charge in [-0.25, -0.2) is 0 Å². The van der Waals surface area contributed by atoms with E-state index in [0.717, 1.165) is 28.6 Å². The highest BCUT2D eigenvalue weighted by molar-refractivity contribution is 7.49. The summed E-state index contributed by atoms with van der Waals surface area (Å²) < 4.78 is 12.7. The van der Waals surface area contributed by atoms with Crippen molar-refractivity contribution in [2.24, 2.45) is 0 Å². The second-order valence-corrected chi connectivity index (χ2v) is 9.11. The van der Waals surface area contributed by atoms with Crippen molar-refractivity contribution in [3.05, 3.63) is 103 Å². The predicted molar refractivity (Wildman–Crippen MR) is 118 cm³/mol. The molecular formula is C24H23N2O2P. The van der Waals surface area contributed by atoms with Crippen LogP contribution in [0, 0.1) is 0 Å². The van der Waals surface area contributed by atoms with E-state index in [1.807, 2.05) is 97.2 Å². The smallest absolute Gasteiger partial charge is 0.302 e. The predicted octanol–water partition coefficient (Wildman–Crippen LogP) is 6.78. The first-order valence-corrected chi connectivity index (χ1v) is 10.7. The zero-order valence-corrected chi connectivity index (χ0v) is 17.3. The van der Waals surface area contributed by atoms with Gasteiger partial charge in [0, 0.05) is 6.20 Å². The maximum Gasteiger partial charge on any atom is 0.302 e. The molecule has 2 aromatic heterocycles. The third kappa shape index (κ3) is 4.49. The van der Waals surface area contributed by atoms with Gasteiger partial charge in [-0.1, -0.05) is 42.5 Å². The molecule has 0 aliphatic heterocycles. The van der Waals surface area contributed by atoms with Crippen molar-refractivity contribution in [1.29, 1.82) is 0 Å². The lowest BCUT2D eigenvalue weighted by atomic mass is 10.1. The van der Waals surface area contributed by atoms with E-state index in [4.69, 9.17) is 14.0 Å². The molecule has 0 saturated carbocycles. The van der Waals surface area contributed by atoms with Crippen LogP contribution in [0.2, 0.25) is 0 Å². The summed E-state index contributed by atoms with van der Waals surface area (Å²) in [7, 11) is -1.38. The number of hydrogen-bond donors (Lipinski definition) is 1. The minimum Gasteiger partial charge on any atom is -0.438 e. The molecule has 1 N–H and O–H groups in total. The Morgan fingerprint density at radius 2 is 1.34 bits per heavy atom. The second-order valence-electron chi connectivity index (χ2n) is 7.12. The molecule has 29 heavy (non-hydrogen) atoms. The average molecular weight is 402 g/mol. The maximum atomic E-state index is 6.36. The molecule has 0 atom stereocenters. The van der Waals surface area contributed by atoms with Crippen molar-refractivity contribution >= 4 is 8.38 Å². The van der Waals surface area contributed by atoms with Crippen LogP contribution in [0.3, 0.4) is 0 Å². The highest BCUT2D eigenvalue weighted by Crippen LogP contribution is 2.56. The molecule has 0 fully saturated rings. The molecule has 0 aliphatic rings. The fourth-order valence-electron chi connectivity index (χ4n) is 2.91. The molecule has 0 spiro atoms. The first-order valence-electron chi connectivity index (χ1n) is 9.50. The van der Waals surface area contributed by atoms with Crippen molar-refractivity contribution in [3.8, 4) is 22.9 Å². The fraction of sp³-hybridized carbons (Fsp3) is 0.125. The first kappa shape index (κ1) is 19.2. The standard InChI is InChI=1S/C24H23N2O2P/c1-24(2,23-17-9-15-22(26-23)21-16-10-18-25-21)29(27-19-11-5-3-6-12-19)28-20-13-7-4-8-14-20/h3-18,25H,1-2H3. The summed E-state index contributed by atoms with van der Waals surface area (Å²) in [5, 5.41) is -0.455. The van der Waals surface area contributed by atoms with Gasteiger partial charge >= 0.3 is 8.38 Å². The summed E-state index contributed by atoms with van der Waals surface area (Å²) in [5.74, 6) is 1.56. The van der Waals surface area contributed by atoms with Gasteiger partial charge in [0.05, 0.1) is 17.1 Å². The monoisotopic (exact) mass is 402 g/mol. The number of benzene rings is 2. The van der Waals surface area contributed by atoms with Gasteiger partial charge in [0.15, 0.2) is 0 Å². The Morgan fingerprint density at radius 1 is 0.724 bits per heavy atom. The van der Waals surface area contributed by atoms with Crippen LogP contribution in [-0.4, -0.2) is 9.97 Å². The molecule has 0 bridgehead atoms. The molecule has 4 rings (SSSR count). The van der Waals surface area contributed by atoms with Gasteiger partial charge in [0.2, 0.25) is 0 Å². The first-order chi connectivity index (χ1) is 14.1. The van der Waals surface area contributed by atoms with Crippen molar-refractivity contribution in [1.82, 2.24) is 9.97 Å². The van der Waals surface area contributed by atoms with Crippen LogP contribution in [0.5, 0.6) is 11.5 Å². The normalized spacial score (nSPS) is 11.4. The average Bonchev–Trinajstić information content (AvgIpc) is 3.30. The highest BCUT2D eigenvalue weighted by atomic mass is 31.2. The Morgan fingerprint density at radius 3 is 1.90 bits per heavy atom. The quantitative estimate of drug-likeness (QED) is 0.347. The lowest BCUT2D eigenvalue weighted by Crippen LogP contribution is -2.22. The molecule has 146 valence electrons. The minimum absolute atomic E-state index is 0.455. The van der Waals surface area contributed by atoms with Crippen molar-refractivity contribution in [2.45, 2.75) is 19.0 Å². The molecule has 4 nitrogen and oxygen atoms in total. The Balaban J connectivity index is 1.69. The molecule has 0 amide bonds. The van der Waals surface area contributed by atoms with Gasteiger partial charge in [0.1, 0.15) is 16.7 Å². The van der Waals surface area contributed by atoms with Gasteiger partial charge in [-0.05, 0) is 62.4 Å². The Bertz CT molecular complexity index is 993. The molecule has 2 aromatic carbocycles. The van der Waals surface area contributed by atoms with E-state index in [1.54, 1.807) is 0 Å². The fourth-order valence-corrected chi connectivity index (χ4v) is 4.34. The van der Waals surface area contributed by atoms with Crippen LogP contribution in [0.15, 0.2) is 97.2 Å². The van der Waals surface area contributed by atoms with Gasteiger partial charge in [-0.2, -0.15) is 0 Å². The lowest BCUT2D eigenvalue weighted by molar-refractivity contribution is 0.447. The van der Waals surface area contributed by atoms with Crippen LogP contribution in [0.25, 0.3) is 11.4 Å². The second kappa shape index (κ2) is 8.50. The van der Waals surface area contributed by atoms with Gasteiger partial charge in [-0.15, -0.1) is 0 Å². The topological polar surface area (TPSA) is 47.1 Å². The largest absolute Gasteiger partial charge is 0.438 e. The summed E-state index contributed by atoms with van der Waals surface area (Å²) in [6.07, 6.45) is 1.90. The number of pyridine rings is 1. The van der Waals surface area contributed by atoms with Crippen LogP contribution < -0.4 is 9.05 Å². The molecule has 0 saturated heterocycles. The molecule has 0 radical (unpaired) electrons. The SMILES string of the molecule is CC(C)(c1cccc(-c2ccc[nH]2)n1)P(Oc1ccccc1)Oc1ccccc1. The highest BCUT2D eigenvalue weighted by Gasteiger charge is 2.39. The molecular weight excluding hydrogens is 379 g/mol. The Labute approximate surface area is 172 Å². The van der Waals surface area contributed by atoms with E-state index in [2.05, 4.69) is 18.8 Å². The van der Waals surface area contributed by atoms with E-state index in [1.165, 1.54) is 0 Å². The van der Waals surface area contributed by atoms with E-state index in [-0.39, 0.29) is 0 Å². The van der Waals surface area contributed by atoms with Crippen LogP contribution >= 0.6 is 8.38 Å². The summed E-state index contributed by atoms with van der Waals surface area (Å²) >= 11 is 0. The van der Waals surface area contributed by atoms with Crippen LogP contribution in [-0.2, 0) is 5.16 Å². The van der Waals surface area contributed by atoms with Crippen molar-refractivity contribution in [3.63, 3.8) is 0 Å². The molecule has 0 aliphatic carbocycles. The van der Waals surface area contributed by atoms with Crippen LogP contribution in [0.4, 0.5) is 0 Å². The van der Waals surface area contributed by atoms with Gasteiger partial charge < -0.3 is 14.0 Å². The van der Waals surface area contributed by atoms with Crippen molar-refractivity contribution < 1.29 is 9.05 Å². The van der Waals surface area contributed by atoms with Gasteiger partial charge in [-0.3, -0.25) is 4.98 Å². The van der Waals surface area contributed by atoms with E-state index in [0.29, 0.717) is 0 Å². The van der Waals surface area contributed by atoms with Gasteiger partial charge in [0.25, 0.3) is 0 Å². The maximum absolute atomic E-state index is 6.36. The Kier molecular flexibility index (Phi) is 5.64. The number of nitrogens with one attached hydrogen (secondary N) is 1. The summed E-state index contributed by atoms with van der Waals surface area (Å²) in [4.78, 5) is 8.14. The number of H-pyrrole nitrogens is 1. The van der Waals surface area contributed by atoms with E-state index < -0.39 is 13.5 Å². The number of nitrogens with zero attached hydrogens (tertiary/aromatic N) is 1. The molecule has 0 unspecified atom stereocenters. The lowest BCUT2D eigenvalue weighted by Gasteiger charge is -2.32. The molecule has 2 heterocycles. The Hall–Kier alpha value is -3.10. The third-order valence-corrected chi connectivity index (χ3v) is 6.46. The number of aromatic amines is 1. The van der Waals surface area contributed by atoms with E-state index >= 15 is 0 Å². The number of aromatic nitrogens is 2. The number of hydrogen-bond acceptors (Lipinski definition) is 3. The van der Waals surface area contributed by atoms with Crippen LogP contribution in [0.1, 0.15) is 19.5 Å². The molecule has 5 heteroatoms.